The largest absolute Gasteiger partial charge is 0.339 e. The number of H-pyrrole nitrogens is 1. The SMILES string of the molecule is N#C[C@@H]1C[C@@H]2C[C@@H]2N1C(=O)CNCCC1(c2nnn[nH]2)c2ccc(C(=O)N3CCCCC3)cc2CCc2cc(C(=O)N3CCCCC3)ccc21. The summed E-state index contributed by atoms with van der Waals surface area (Å²) in [6, 6.07) is 14.3. The summed E-state index contributed by atoms with van der Waals surface area (Å²) in [5.41, 5.74) is 4.65. The van der Waals surface area contributed by atoms with Crippen LogP contribution in [0.2, 0.25) is 0 Å². The average Bonchev–Trinajstić information content (AvgIpc) is 3.54. The second-order valence-corrected chi connectivity index (χ2v) is 14.8. The molecule has 2 aliphatic carbocycles. The Morgan fingerprint density at radius 2 is 1.46 bits per heavy atom. The number of fused-ring (bicyclic) bond motifs is 3. The van der Waals surface area contributed by atoms with Gasteiger partial charge in [0, 0.05) is 43.3 Å². The van der Waals surface area contributed by atoms with Crippen molar-refractivity contribution in [3.8, 4) is 6.07 Å². The van der Waals surface area contributed by atoms with Gasteiger partial charge in [0.25, 0.3) is 11.8 Å². The Balaban J connectivity index is 1.15. The minimum absolute atomic E-state index is 0.0414. The van der Waals surface area contributed by atoms with E-state index < -0.39 is 5.41 Å². The van der Waals surface area contributed by atoms with Crippen LogP contribution in [-0.4, -0.2) is 104 Å². The number of likely N-dealkylation sites (tertiary alicyclic amines) is 3. The zero-order valence-corrected chi connectivity index (χ0v) is 28.6. The number of amides is 3. The third kappa shape index (κ3) is 5.85. The summed E-state index contributed by atoms with van der Waals surface area (Å²) in [6.07, 6.45) is 10.1. The fourth-order valence-electron chi connectivity index (χ4n) is 9.15. The molecule has 3 amide bonds. The Bertz CT molecular complexity index is 1720. The summed E-state index contributed by atoms with van der Waals surface area (Å²) >= 11 is 0. The zero-order valence-electron chi connectivity index (χ0n) is 28.6. The van der Waals surface area contributed by atoms with Gasteiger partial charge < -0.3 is 20.0 Å². The molecule has 12 nitrogen and oxygen atoms in total. The first-order chi connectivity index (χ1) is 24.5. The van der Waals surface area contributed by atoms with E-state index in [4.69, 9.17) is 0 Å². The molecule has 8 rings (SSSR count). The number of aromatic nitrogens is 4. The van der Waals surface area contributed by atoms with Crippen molar-refractivity contribution in [2.45, 2.75) is 88.1 Å². The highest BCUT2D eigenvalue weighted by Gasteiger charge is 2.54. The van der Waals surface area contributed by atoms with Crippen LogP contribution in [0.5, 0.6) is 0 Å². The van der Waals surface area contributed by atoms with E-state index in [0.29, 0.717) is 48.7 Å². The Labute approximate surface area is 292 Å². The fraction of sp³-hybridized carbons (Fsp3) is 0.553. The van der Waals surface area contributed by atoms with Crippen molar-refractivity contribution in [3.63, 3.8) is 0 Å². The van der Waals surface area contributed by atoms with Crippen molar-refractivity contribution < 1.29 is 14.4 Å². The van der Waals surface area contributed by atoms with Crippen molar-refractivity contribution in [2.75, 3.05) is 39.3 Å². The Morgan fingerprint density at radius 1 is 0.860 bits per heavy atom. The highest BCUT2D eigenvalue weighted by atomic mass is 16.2. The van der Waals surface area contributed by atoms with Gasteiger partial charge in [-0.05, 0) is 140 Å². The van der Waals surface area contributed by atoms with Gasteiger partial charge in [0.05, 0.1) is 18.0 Å². The van der Waals surface area contributed by atoms with Gasteiger partial charge in [-0.15, -0.1) is 5.10 Å². The third-order valence-corrected chi connectivity index (χ3v) is 11.8. The van der Waals surface area contributed by atoms with Crippen LogP contribution in [0, 0.1) is 17.2 Å². The van der Waals surface area contributed by atoms with Gasteiger partial charge in [0.15, 0.2) is 5.82 Å². The quantitative estimate of drug-likeness (QED) is 0.345. The third-order valence-electron chi connectivity index (χ3n) is 11.8. The predicted molar refractivity (Wildman–Crippen MR) is 184 cm³/mol. The molecule has 4 heterocycles. The molecular formula is C38H45N9O3. The number of hydrogen-bond donors (Lipinski definition) is 2. The molecule has 3 atom stereocenters. The number of nitriles is 1. The van der Waals surface area contributed by atoms with E-state index in [1.807, 2.05) is 21.9 Å². The van der Waals surface area contributed by atoms with Gasteiger partial charge in [0.1, 0.15) is 6.04 Å². The number of nitrogens with one attached hydrogen (secondary N) is 2. The summed E-state index contributed by atoms with van der Waals surface area (Å²) in [4.78, 5) is 46.4. The van der Waals surface area contributed by atoms with E-state index in [1.54, 1.807) is 4.90 Å². The van der Waals surface area contributed by atoms with Crippen LogP contribution in [0.4, 0.5) is 0 Å². The van der Waals surface area contributed by atoms with Crippen LogP contribution in [-0.2, 0) is 23.1 Å². The van der Waals surface area contributed by atoms with Crippen molar-refractivity contribution in [1.29, 1.82) is 5.26 Å². The van der Waals surface area contributed by atoms with Crippen LogP contribution in [0.3, 0.4) is 0 Å². The van der Waals surface area contributed by atoms with Gasteiger partial charge in [-0.25, -0.2) is 5.10 Å². The monoisotopic (exact) mass is 675 g/mol. The lowest BCUT2D eigenvalue weighted by atomic mass is 9.69. The van der Waals surface area contributed by atoms with Crippen LogP contribution >= 0.6 is 0 Å². The van der Waals surface area contributed by atoms with E-state index in [9.17, 15) is 19.6 Å². The number of aryl methyl sites for hydroxylation is 2. The van der Waals surface area contributed by atoms with Crippen LogP contribution in [0.15, 0.2) is 36.4 Å². The number of tetrazole rings is 1. The molecule has 4 fully saturated rings. The molecule has 0 radical (unpaired) electrons. The second kappa shape index (κ2) is 13.6. The first-order valence-corrected chi connectivity index (χ1v) is 18.5. The molecule has 0 unspecified atom stereocenters. The molecule has 1 aromatic heterocycles. The molecule has 3 saturated heterocycles. The molecule has 12 heteroatoms. The van der Waals surface area contributed by atoms with E-state index in [0.717, 1.165) is 99.8 Å². The molecular weight excluding hydrogens is 630 g/mol. The Hall–Kier alpha value is -4.63. The minimum atomic E-state index is -0.843. The summed E-state index contributed by atoms with van der Waals surface area (Å²) in [6.45, 7) is 3.72. The second-order valence-electron chi connectivity index (χ2n) is 14.8. The van der Waals surface area contributed by atoms with Crippen molar-refractivity contribution in [1.82, 2.24) is 40.6 Å². The number of piperidine rings is 3. The molecule has 3 aliphatic heterocycles. The van der Waals surface area contributed by atoms with E-state index >= 15 is 0 Å². The minimum Gasteiger partial charge on any atom is -0.339 e. The molecule has 50 heavy (non-hydrogen) atoms. The molecule has 260 valence electrons. The van der Waals surface area contributed by atoms with Gasteiger partial charge >= 0.3 is 0 Å². The standard InChI is InChI=1S/C38H45N9O3/c39-23-30-21-29-22-33(29)47(30)34(48)24-40-14-13-38(37-41-43-44-42-37)31-11-9-27(35(49)45-15-3-1-4-16-45)19-25(31)7-8-26-20-28(10-12-32(26)38)36(50)46-17-5-2-6-18-46/h9-12,19-20,29-30,33,40H,1-8,13-18,21-22,24H2,(H,41,42,43,44)/t29-,30+,33+/m1/s1. The first kappa shape index (κ1) is 32.6. The fourth-order valence-corrected chi connectivity index (χ4v) is 9.15. The number of hydrogen-bond acceptors (Lipinski definition) is 8. The highest BCUT2D eigenvalue weighted by Crippen LogP contribution is 2.48. The maximum atomic E-state index is 13.7. The topological polar surface area (TPSA) is 151 Å². The van der Waals surface area contributed by atoms with Gasteiger partial charge in [-0.2, -0.15) is 5.26 Å². The molecule has 0 spiro atoms. The highest BCUT2D eigenvalue weighted by molar-refractivity contribution is 5.95. The summed E-state index contributed by atoms with van der Waals surface area (Å²) < 4.78 is 0. The number of carbonyl (C=O) groups is 3. The van der Waals surface area contributed by atoms with Gasteiger partial charge in [0.2, 0.25) is 5.91 Å². The molecule has 2 N–H and O–H groups in total. The Morgan fingerprint density at radius 3 is 2.00 bits per heavy atom. The van der Waals surface area contributed by atoms with Gasteiger partial charge in [-0.1, -0.05) is 12.1 Å². The number of carbonyl (C=O) groups excluding carboxylic acids is 3. The molecule has 0 bridgehead atoms. The van der Waals surface area contributed by atoms with Crippen molar-refractivity contribution >= 4 is 17.7 Å². The average molecular weight is 676 g/mol. The maximum absolute atomic E-state index is 13.7. The molecule has 3 aromatic rings. The summed E-state index contributed by atoms with van der Waals surface area (Å²) in [5.74, 6) is 1.12. The normalized spacial score (nSPS) is 23.7. The Kier molecular flexibility index (Phi) is 8.85. The van der Waals surface area contributed by atoms with Gasteiger partial charge in [-0.3, -0.25) is 14.4 Å². The van der Waals surface area contributed by atoms with Crippen LogP contribution in [0.1, 0.15) is 107 Å². The van der Waals surface area contributed by atoms with Crippen molar-refractivity contribution in [3.05, 3.63) is 75.6 Å². The lowest BCUT2D eigenvalue weighted by molar-refractivity contribution is -0.131. The van der Waals surface area contributed by atoms with Crippen molar-refractivity contribution in [2.24, 2.45) is 5.92 Å². The van der Waals surface area contributed by atoms with E-state index in [1.165, 1.54) is 0 Å². The molecule has 5 aliphatic rings. The van der Waals surface area contributed by atoms with Crippen LogP contribution < -0.4 is 5.32 Å². The van der Waals surface area contributed by atoms with E-state index in [-0.39, 0.29) is 36.3 Å². The number of benzene rings is 2. The molecule has 1 saturated carbocycles. The lowest BCUT2D eigenvalue weighted by Gasteiger charge is -2.35. The smallest absolute Gasteiger partial charge is 0.253 e. The van der Waals surface area contributed by atoms with E-state index in [2.05, 4.69) is 56.3 Å². The summed E-state index contributed by atoms with van der Waals surface area (Å²) in [7, 11) is 0. The zero-order chi connectivity index (χ0) is 34.2. The number of rotatable bonds is 8. The lowest BCUT2D eigenvalue weighted by Crippen LogP contribution is -2.44. The number of aromatic amines is 1. The van der Waals surface area contributed by atoms with Crippen LogP contribution in [0.25, 0.3) is 0 Å². The predicted octanol–water partition coefficient (Wildman–Crippen LogP) is 3.38. The first-order valence-electron chi connectivity index (χ1n) is 18.5. The number of nitrogens with zero attached hydrogens (tertiary/aromatic N) is 7. The summed E-state index contributed by atoms with van der Waals surface area (Å²) in [5, 5.41) is 28.7. The molecule has 2 aromatic carbocycles. The maximum Gasteiger partial charge on any atom is 0.253 e.